The van der Waals surface area contributed by atoms with Crippen molar-refractivity contribution in [3.05, 3.63) is 64.5 Å². The summed E-state index contributed by atoms with van der Waals surface area (Å²) in [7, 11) is 0. The van der Waals surface area contributed by atoms with E-state index in [1.807, 2.05) is 23.6 Å². The van der Waals surface area contributed by atoms with Crippen LogP contribution in [0, 0.1) is 13.8 Å². The number of hydrogen-bond acceptors (Lipinski definition) is 3. The predicted molar refractivity (Wildman–Crippen MR) is 94.3 cm³/mol. The molecule has 1 heterocycles. The Hall–Kier alpha value is -2.66. The molecule has 1 aromatic heterocycles. The summed E-state index contributed by atoms with van der Waals surface area (Å²) in [5, 5.41) is 9.42. The van der Waals surface area contributed by atoms with Crippen molar-refractivity contribution < 1.29 is 9.90 Å². The van der Waals surface area contributed by atoms with E-state index in [0.717, 1.165) is 22.4 Å². The summed E-state index contributed by atoms with van der Waals surface area (Å²) in [6, 6.07) is 10.9. The molecule has 124 valence electrons. The molecule has 0 radical (unpaired) electrons. The first-order valence-corrected chi connectivity index (χ1v) is 7.92. The summed E-state index contributed by atoms with van der Waals surface area (Å²) in [6.45, 7) is 6.43. The van der Waals surface area contributed by atoms with E-state index in [-0.39, 0.29) is 6.04 Å². The Balaban J connectivity index is 2.20. The minimum atomic E-state index is -0.926. The number of imidazole rings is 1. The molecule has 0 saturated carbocycles. The molecule has 0 saturated heterocycles. The van der Waals surface area contributed by atoms with Crippen molar-refractivity contribution in [3.8, 4) is 0 Å². The SMILES string of the molecule is Cc1cc2nc(C(C)N)n(Cc3ccccc3C(=O)O)c2cc1C. The van der Waals surface area contributed by atoms with E-state index >= 15 is 0 Å². The molecular formula is C19H21N3O2. The number of hydrogen-bond donors (Lipinski definition) is 2. The second-order valence-corrected chi connectivity index (χ2v) is 6.23. The van der Waals surface area contributed by atoms with Gasteiger partial charge in [0.05, 0.1) is 29.2 Å². The van der Waals surface area contributed by atoms with Crippen LogP contribution in [-0.4, -0.2) is 20.6 Å². The average Bonchev–Trinajstić information content (AvgIpc) is 2.86. The maximum absolute atomic E-state index is 11.5. The summed E-state index contributed by atoms with van der Waals surface area (Å²) < 4.78 is 2.02. The summed E-state index contributed by atoms with van der Waals surface area (Å²) in [5.41, 5.74) is 11.4. The highest BCUT2D eigenvalue weighted by molar-refractivity contribution is 5.89. The molecule has 5 nitrogen and oxygen atoms in total. The number of benzene rings is 2. The Bertz CT molecular complexity index is 926. The van der Waals surface area contributed by atoms with Crippen LogP contribution in [0.5, 0.6) is 0 Å². The van der Waals surface area contributed by atoms with E-state index in [2.05, 4.69) is 31.0 Å². The molecule has 0 amide bonds. The number of carboxylic acid groups (broad SMARTS) is 1. The third-order valence-corrected chi connectivity index (χ3v) is 4.38. The highest BCUT2D eigenvalue weighted by Gasteiger charge is 2.17. The van der Waals surface area contributed by atoms with E-state index in [4.69, 9.17) is 5.73 Å². The van der Waals surface area contributed by atoms with E-state index in [1.54, 1.807) is 12.1 Å². The molecular weight excluding hydrogens is 302 g/mol. The molecule has 3 N–H and O–H groups in total. The molecule has 1 atom stereocenters. The molecule has 0 fully saturated rings. The fourth-order valence-corrected chi connectivity index (χ4v) is 2.95. The van der Waals surface area contributed by atoms with Crippen molar-refractivity contribution in [3.63, 3.8) is 0 Å². The van der Waals surface area contributed by atoms with Crippen LogP contribution in [-0.2, 0) is 6.54 Å². The minimum absolute atomic E-state index is 0.241. The largest absolute Gasteiger partial charge is 0.478 e. The first kappa shape index (κ1) is 16.2. The van der Waals surface area contributed by atoms with Gasteiger partial charge in [-0.3, -0.25) is 0 Å². The fraction of sp³-hybridized carbons (Fsp3) is 0.263. The number of fused-ring (bicyclic) bond motifs is 1. The maximum atomic E-state index is 11.5. The van der Waals surface area contributed by atoms with Crippen LogP contribution in [0.2, 0.25) is 0 Å². The lowest BCUT2D eigenvalue weighted by Gasteiger charge is -2.13. The van der Waals surface area contributed by atoms with E-state index in [9.17, 15) is 9.90 Å². The standard InChI is InChI=1S/C19H21N3O2/c1-11-8-16-17(9-12(11)2)22(18(21-16)13(3)20)10-14-6-4-5-7-15(14)19(23)24/h4-9,13H,10,20H2,1-3H3,(H,23,24). The van der Waals surface area contributed by atoms with E-state index < -0.39 is 5.97 Å². The van der Waals surface area contributed by atoms with Gasteiger partial charge in [0.2, 0.25) is 0 Å². The van der Waals surface area contributed by atoms with Gasteiger partial charge in [0.25, 0.3) is 0 Å². The maximum Gasteiger partial charge on any atom is 0.336 e. The van der Waals surface area contributed by atoms with Crippen molar-refractivity contribution >= 4 is 17.0 Å². The van der Waals surface area contributed by atoms with Crippen molar-refractivity contribution in [1.82, 2.24) is 9.55 Å². The molecule has 3 aromatic rings. The number of rotatable bonds is 4. The molecule has 2 aromatic carbocycles. The predicted octanol–water partition coefficient (Wildman–Crippen LogP) is 3.42. The van der Waals surface area contributed by atoms with Gasteiger partial charge in [-0.15, -0.1) is 0 Å². The van der Waals surface area contributed by atoms with Crippen molar-refractivity contribution in [2.75, 3.05) is 0 Å². The number of nitrogens with two attached hydrogens (primary N) is 1. The second-order valence-electron chi connectivity index (χ2n) is 6.23. The first-order chi connectivity index (χ1) is 11.4. The third kappa shape index (κ3) is 2.78. The van der Waals surface area contributed by atoms with Crippen molar-refractivity contribution in [2.24, 2.45) is 5.73 Å². The third-order valence-electron chi connectivity index (χ3n) is 4.38. The molecule has 0 spiro atoms. The molecule has 0 aliphatic rings. The zero-order valence-electron chi connectivity index (χ0n) is 14.1. The quantitative estimate of drug-likeness (QED) is 0.771. The second kappa shape index (κ2) is 6.09. The summed E-state index contributed by atoms with van der Waals surface area (Å²) in [4.78, 5) is 16.2. The van der Waals surface area contributed by atoms with Gasteiger partial charge in [0, 0.05) is 0 Å². The van der Waals surface area contributed by atoms with Crippen molar-refractivity contribution in [1.29, 1.82) is 0 Å². The minimum Gasteiger partial charge on any atom is -0.478 e. The molecule has 1 unspecified atom stereocenters. The number of aromatic nitrogens is 2. The summed E-state index contributed by atoms with van der Waals surface area (Å²) in [6.07, 6.45) is 0. The number of carboxylic acids is 1. The van der Waals surface area contributed by atoms with Crippen LogP contribution in [0.25, 0.3) is 11.0 Å². The monoisotopic (exact) mass is 323 g/mol. The average molecular weight is 323 g/mol. The van der Waals surface area contributed by atoms with Gasteiger partial charge in [0.15, 0.2) is 0 Å². The summed E-state index contributed by atoms with van der Waals surface area (Å²) in [5.74, 6) is -0.167. The molecule has 5 heteroatoms. The molecule has 24 heavy (non-hydrogen) atoms. The van der Waals surface area contributed by atoms with Crippen LogP contribution in [0.1, 0.15) is 45.8 Å². The lowest BCUT2D eigenvalue weighted by molar-refractivity contribution is 0.0695. The Morgan fingerprint density at radius 1 is 1.25 bits per heavy atom. The Morgan fingerprint density at radius 3 is 2.58 bits per heavy atom. The topological polar surface area (TPSA) is 81.1 Å². The van der Waals surface area contributed by atoms with Gasteiger partial charge in [-0.1, -0.05) is 18.2 Å². The van der Waals surface area contributed by atoms with Gasteiger partial charge in [-0.25, -0.2) is 9.78 Å². The van der Waals surface area contributed by atoms with Crippen LogP contribution in [0.4, 0.5) is 0 Å². The van der Waals surface area contributed by atoms with Crippen molar-refractivity contribution in [2.45, 2.75) is 33.4 Å². The lowest BCUT2D eigenvalue weighted by atomic mass is 10.1. The van der Waals surface area contributed by atoms with E-state index in [0.29, 0.717) is 12.1 Å². The van der Waals surface area contributed by atoms with Gasteiger partial charge in [0.1, 0.15) is 5.82 Å². The zero-order valence-corrected chi connectivity index (χ0v) is 14.1. The fourth-order valence-electron chi connectivity index (χ4n) is 2.95. The Morgan fingerprint density at radius 2 is 1.92 bits per heavy atom. The number of aryl methyl sites for hydroxylation is 2. The summed E-state index contributed by atoms with van der Waals surface area (Å²) >= 11 is 0. The van der Waals surface area contributed by atoms with Gasteiger partial charge in [-0.2, -0.15) is 0 Å². The Kier molecular flexibility index (Phi) is 4.11. The van der Waals surface area contributed by atoms with Crippen LogP contribution < -0.4 is 5.73 Å². The van der Waals surface area contributed by atoms with Crippen LogP contribution in [0.3, 0.4) is 0 Å². The van der Waals surface area contributed by atoms with E-state index in [1.165, 1.54) is 11.1 Å². The molecule has 0 bridgehead atoms. The number of aromatic carboxylic acids is 1. The Labute approximate surface area is 140 Å². The number of nitrogens with zero attached hydrogens (tertiary/aromatic N) is 2. The zero-order chi connectivity index (χ0) is 17.4. The van der Waals surface area contributed by atoms with Gasteiger partial charge >= 0.3 is 5.97 Å². The smallest absolute Gasteiger partial charge is 0.336 e. The molecule has 3 rings (SSSR count). The van der Waals surface area contributed by atoms with Gasteiger partial charge < -0.3 is 15.4 Å². The van der Waals surface area contributed by atoms with Crippen LogP contribution >= 0.6 is 0 Å². The highest BCUT2D eigenvalue weighted by Crippen LogP contribution is 2.25. The first-order valence-electron chi connectivity index (χ1n) is 7.92. The number of carbonyl (C=O) groups is 1. The highest BCUT2D eigenvalue weighted by atomic mass is 16.4. The van der Waals surface area contributed by atoms with Crippen LogP contribution in [0.15, 0.2) is 36.4 Å². The molecule has 0 aliphatic heterocycles. The van der Waals surface area contributed by atoms with Gasteiger partial charge in [-0.05, 0) is 55.7 Å². The molecule has 0 aliphatic carbocycles. The normalized spacial score (nSPS) is 12.5. The lowest BCUT2D eigenvalue weighted by Crippen LogP contribution is -2.15.